The molecule has 0 saturated heterocycles. The SMILES string of the molecule is Cc1cccc(O/C(=C\c2ccc([N+](=O)[O-])cc2)C(=O)NN)c1. The Morgan fingerprint density at radius 2 is 1.96 bits per heavy atom. The molecular weight excluding hydrogens is 298 g/mol. The quantitative estimate of drug-likeness (QED) is 0.220. The molecule has 0 unspecified atom stereocenters. The number of rotatable bonds is 5. The van der Waals surface area contributed by atoms with Crippen molar-refractivity contribution >= 4 is 17.7 Å². The monoisotopic (exact) mass is 313 g/mol. The molecule has 7 nitrogen and oxygen atoms in total. The molecule has 0 aromatic heterocycles. The van der Waals surface area contributed by atoms with Crippen molar-refractivity contribution in [2.45, 2.75) is 6.92 Å². The number of nitro benzene ring substituents is 1. The lowest BCUT2D eigenvalue weighted by Gasteiger charge is -2.09. The highest BCUT2D eigenvalue weighted by Gasteiger charge is 2.12. The number of nitrogens with one attached hydrogen (secondary N) is 1. The number of non-ortho nitro benzene ring substituents is 1. The zero-order valence-electron chi connectivity index (χ0n) is 12.4. The maximum absolute atomic E-state index is 11.8. The summed E-state index contributed by atoms with van der Waals surface area (Å²) in [5.74, 6) is 5.02. The molecule has 0 saturated carbocycles. The third-order valence-corrected chi connectivity index (χ3v) is 2.97. The third kappa shape index (κ3) is 4.39. The number of carbonyl (C=O) groups excluding carboxylic acids is 1. The van der Waals surface area contributed by atoms with Gasteiger partial charge in [0.1, 0.15) is 5.75 Å². The molecule has 7 heteroatoms. The molecule has 23 heavy (non-hydrogen) atoms. The van der Waals surface area contributed by atoms with Gasteiger partial charge in [-0.3, -0.25) is 20.3 Å². The standard InChI is InChI=1S/C16H15N3O4/c1-11-3-2-4-14(9-11)23-15(16(20)18-17)10-12-5-7-13(8-6-12)19(21)22/h2-10H,17H2,1H3,(H,18,20)/b15-10-. The number of amides is 1. The van der Waals surface area contributed by atoms with Crippen LogP contribution in [0.5, 0.6) is 5.75 Å². The Kier molecular flexibility index (Phi) is 5.06. The lowest BCUT2D eigenvalue weighted by molar-refractivity contribution is -0.384. The second-order valence-corrected chi connectivity index (χ2v) is 4.75. The fraction of sp³-hybridized carbons (Fsp3) is 0.0625. The fourth-order valence-electron chi connectivity index (χ4n) is 1.86. The van der Waals surface area contributed by atoms with E-state index in [4.69, 9.17) is 10.6 Å². The summed E-state index contributed by atoms with van der Waals surface area (Å²) in [6.45, 7) is 1.90. The highest BCUT2D eigenvalue weighted by atomic mass is 16.6. The normalized spacial score (nSPS) is 11.0. The Morgan fingerprint density at radius 1 is 1.26 bits per heavy atom. The van der Waals surface area contributed by atoms with Crippen molar-refractivity contribution in [1.82, 2.24) is 5.43 Å². The van der Waals surface area contributed by atoms with Gasteiger partial charge in [0, 0.05) is 12.1 Å². The Bertz CT molecular complexity index is 754. The van der Waals surface area contributed by atoms with Crippen LogP contribution in [-0.4, -0.2) is 10.8 Å². The minimum Gasteiger partial charge on any atom is -0.451 e. The first-order chi connectivity index (χ1) is 11.0. The number of hydrogen-bond acceptors (Lipinski definition) is 5. The molecule has 0 spiro atoms. The van der Waals surface area contributed by atoms with Crippen LogP contribution < -0.4 is 16.0 Å². The summed E-state index contributed by atoms with van der Waals surface area (Å²) in [4.78, 5) is 22.0. The molecule has 0 aliphatic carbocycles. The summed E-state index contributed by atoms with van der Waals surface area (Å²) in [6.07, 6.45) is 1.45. The molecule has 0 heterocycles. The van der Waals surface area contributed by atoms with Crippen LogP contribution in [0.1, 0.15) is 11.1 Å². The second kappa shape index (κ2) is 7.19. The zero-order chi connectivity index (χ0) is 16.8. The van der Waals surface area contributed by atoms with Crippen LogP contribution in [0.2, 0.25) is 0 Å². The Balaban J connectivity index is 2.30. The first kappa shape index (κ1) is 16.2. The summed E-state index contributed by atoms with van der Waals surface area (Å²) in [5.41, 5.74) is 3.52. The van der Waals surface area contributed by atoms with Crippen LogP contribution in [0.15, 0.2) is 54.3 Å². The Labute approximate surface area is 132 Å². The van der Waals surface area contributed by atoms with Gasteiger partial charge in [-0.15, -0.1) is 0 Å². The van der Waals surface area contributed by atoms with Crippen LogP contribution in [0.4, 0.5) is 5.69 Å². The van der Waals surface area contributed by atoms with E-state index >= 15 is 0 Å². The highest BCUT2D eigenvalue weighted by molar-refractivity contribution is 5.95. The van der Waals surface area contributed by atoms with Crippen molar-refractivity contribution in [2.24, 2.45) is 5.84 Å². The maximum atomic E-state index is 11.8. The summed E-state index contributed by atoms with van der Waals surface area (Å²) < 4.78 is 5.56. The van der Waals surface area contributed by atoms with Crippen molar-refractivity contribution in [2.75, 3.05) is 0 Å². The molecule has 118 valence electrons. The van der Waals surface area contributed by atoms with E-state index < -0.39 is 10.8 Å². The van der Waals surface area contributed by atoms with Gasteiger partial charge < -0.3 is 4.74 Å². The van der Waals surface area contributed by atoms with Gasteiger partial charge in [-0.25, -0.2) is 5.84 Å². The fourth-order valence-corrected chi connectivity index (χ4v) is 1.86. The van der Waals surface area contributed by atoms with Gasteiger partial charge >= 0.3 is 5.91 Å². The van der Waals surface area contributed by atoms with E-state index in [1.54, 1.807) is 18.2 Å². The van der Waals surface area contributed by atoms with Gasteiger partial charge in [-0.05, 0) is 48.4 Å². The topological polar surface area (TPSA) is 107 Å². The predicted molar refractivity (Wildman–Crippen MR) is 85.2 cm³/mol. The predicted octanol–water partition coefficient (Wildman–Crippen LogP) is 2.31. The molecule has 3 N–H and O–H groups in total. The molecule has 2 rings (SSSR count). The molecule has 0 aliphatic heterocycles. The number of hydrazine groups is 1. The number of nitrogens with zero attached hydrogens (tertiary/aromatic N) is 1. The molecule has 0 radical (unpaired) electrons. The van der Waals surface area contributed by atoms with Crippen molar-refractivity contribution in [3.05, 3.63) is 75.5 Å². The summed E-state index contributed by atoms with van der Waals surface area (Å²) >= 11 is 0. The van der Waals surface area contributed by atoms with Gasteiger partial charge in [0.15, 0.2) is 5.76 Å². The van der Waals surface area contributed by atoms with Crippen molar-refractivity contribution in [3.8, 4) is 5.75 Å². The van der Waals surface area contributed by atoms with E-state index in [1.807, 2.05) is 18.4 Å². The van der Waals surface area contributed by atoms with E-state index in [-0.39, 0.29) is 11.4 Å². The van der Waals surface area contributed by atoms with Crippen molar-refractivity contribution in [3.63, 3.8) is 0 Å². The molecule has 0 bridgehead atoms. The average Bonchev–Trinajstić information content (AvgIpc) is 2.54. The van der Waals surface area contributed by atoms with E-state index in [9.17, 15) is 14.9 Å². The number of nitro groups is 1. The number of aryl methyl sites for hydroxylation is 1. The van der Waals surface area contributed by atoms with Crippen LogP contribution in [-0.2, 0) is 4.79 Å². The zero-order valence-corrected chi connectivity index (χ0v) is 12.4. The van der Waals surface area contributed by atoms with E-state index in [2.05, 4.69) is 0 Å². The van der Waals surface area contributed by atoms with Gasteiger partial charge in [0.2, 0.25) is 0 Å². The van der Waals surface area contributed by atoms with E-state index in [0.29, 0.717) is 11.3 Å². The third-order valence-electron chi connectivity index (χ3n) is 2.97. The van der Waals surface area contributed by atoms with Crippen LogP contribution in [0.25, 0.3) is 6.08 Å². The molecule has 1 amide bonds. The lowest BCUT2D eigenvalue weighted by atomic mass is 10.2. The minimum atomic E-state index is -0.607. The number of ether oxygens (including phenoxy) is 1. The maximum Gasteiger partial charge on any atom is 0.300 e. The smallest absolute Gasteiger partial charge is 0.300 e. The summed E-state index contributed by atoms with van der Waals surface area (Å²) in [7, 11) is 0. The number of hydrogen-bond donors (Lipinski definition) is 2. The van der Waals surface area contributed by atoms with Crippen molar-refractivity contribution in [1.29, 1.82) is 0 Å². The van der Waals surface area contributed by atoms with E-state index in [0.717, 1.165) is 5.56 Å². The van der Waals surface area contributed by atoms with Gasteiger partial charge in [0.25, 0.3) is 5.69 Å². The number of carbonyl (C=O) groups is 1. The highest BCUT2D eigenvalue weighted by Crippen LogP contribution is 2.19. The molecule has 2 aromatic rings. The van der Waals surface area contributed by atoms with Crippen LogP contribution in [0.3, 0.4) is 0 Å². The van der Waals surface area contributed by atoms with Gasteiger partial charge in [-0.1, -0.05) is 12.1 Å². The number of nitrogens with two attached hydrogens (primary N) is 1. The first-order valence-electron chi connectivity index (χ1n) is 6.71. The molecule has 0 atom stereocenters. The van der Waals surface area contributed by atoms with Gasteiger partial charge in [0.05, 0.1) is 4.92 Å². The summed E-state index contributed by atoms with van der Waals surface area (Å²) in [6, 6.07) is 12.9. The van der Waals surface area contributed by atoms with Gasteiger partial charge in [-0.2, -0.15) is 0 Å². The van der Waals surface area contributed by atoms with Crippen LogP contribution >= 0.6 is 0 Å². The number of benzene rings is 2. The van der Waals surface area contributed by atoms with E-state index in [1.165, 1.54) is 30.3 Å². The molecular formula is C16H15N3O4. The average molecular weight is 313 g/mol. The lowest BCUT2D eigenvalue weighted by Crippen LogP contribution is -2.33. The first-order valence-corrected chi connectivity index (χ1v) is 6.71. The minimum absolute atomic E-state index is 0.0213. The Hall–Kier alpha value is -3.19. The largest absolute Gasteiger partial charge is 0.451 e. The molecule has 2 aromatic carbocycles. The Morgan fingerprint density at radius 3 is 2.52 bits per heavy atom. The summed E-state index contributed by atoms with van der Waals surface area (Å²) in [5, 5.41) is 10.6. The van der Waals surface area contributed by atoms with Crippen molar-refractivity contribution < 1.29 is 14.5 Å². The second-order valence-electron chi connectivity index (χ2n) is 4.75. The molecule has 0 aliphatic rings. The van der Waals surface area contributed by atoms with Crippen LogP contribution in [0, 0.1) is 17.0 Å². The molecule has 0 fully saturated rings.